The summed E-state index contributed by atoms with van der Waals surface area (Å²) in [6.45, 7) is 18.5. The van der Waals surface area contributed by atoms with Crippen molar-refractivity contribution in [2.45, 2.75) is 72.6 Å². The third kappa shape index (κ3) is 5.44. The normalized spacial score (nSPS) is 13.9. The maximum absolute atomic E-state index is 4.02. The highest BCUT2D eigenvalue weighted by molar-refractivity contribution is 6.02. The number of hydrogen-bond donors (Lipinski definition) is 0. The number of allylic oxidation sites excluding steroid dienone is 4. The standard InChI is InChI=1S/C47H45/c1-30-17-15-22-36(31(30)2)38-23-16-24-39(38)44-41-28-34-27-35(46(3,4)5)25-26-37(34)40(41)29-42(45(44)47(6,7)8)43(32-18-11-9-12-19-32)33-20-13-10-14-21-33/h9-23,25-27,29H,24H2,1-8H3. The molecule has 5 aromatic carbocycles. The van der Waals surface area contributed by atoms with Crippen LogP contribution in [0.1, 0.15) is 98.0 Å². The fraction of sp³-hybridized carbons (Fsp3) is 0.234. The first kappa shape index (κ1) is 30.9. The van der Waals surface area contributed by atoms with Crippen LogP contribution < -0.4 is 10.4 Å². The van der Waals surface area contributed by atoms with Gasteiger partial charge in [-0.3, -0.25) is 0 Å². The van der Waals surface area contributed by atoms with Gasteiger partial charge in [0.25, 0.3) is 0 Å². The van der Waals surface area contributed by atoms with E-state index in [4.69, 9.17) is 0 Å². The molecule has 0 aliphatic heterocycles. The Balaban J connectivity index is 1.71. The molecule has 0 amide bonds. The molecule has 0 nitrogen and oxygen atoms in total. The minimum atomic E-state index is -0.149. The highest BCUT2D eigenvalue weighted by atomic mass is 14.3. The van der Waals surface area contributed by atoms with Crippen LogP contribution in [0.25, 0.3) is 33.9 Å². The second kappa shape index (κ2) is 11.5. The van der Waals surface area contributed by atoms with E-state index in [1.54, 1.807) is 0 Å². The van der Waals surface area contributed by atoms with Gasteiger partial charge in [0.1, 0.15) is 0 Å². The topological polar surface area (TPSA) is 0 Å². The lowest BCUT2D eigenvalue weighted by molar-refractivity contribution is 0.583. The van der Waals surface area contributed by atoms with E-state index in [0.717, 1.165) is 6.42 Å². The van der Waals surface area contributed by atoms with Crippen LogP contribution in [0.3, 0.4) is 0 Å². The largest absolute Gasteiger partial charge is 0.0795 e. The van der Waals surface area contributed by atoms with E-state index in [1.165, 1.54) is 88.4 Å². The van der Waals surface area contributed by atoms with Gasteiger partial charge in [0, 0.05) is 0 Å². The summed E-state index contributed by atoms with van der Waals surface area (Å²) in [4.78, 5) is 0. The van der Waals surface area contributed by atoms with Crippen molar-refractivity contribution in [2.24, 2.45) is 0 Å². The molecule has 0 aromatic heterocycles. The minimum Gasteiger partial charge on any atom is -0.0795 e. The van der Waals surface area contributed by atoms with E-state index in [-0.39, 0.29) is 10.8 Å². The third-order valence-corrected chi connectivity index (χ3v) is 10.0. The second-order valence-electron chi connectivity index (χ2n) is 15.3. The lowest BCUT2D eigenvalue weighted by Gasteiger charge is -2.28. The number of aryl methyl sites for hydroxylation is 1. The van der Waals surface area contributed by atoms with Crippen molar-refractivity contribution in [1.82, 2.24) is 0 Å². The number of hydrogen-bond acceptors (Lipinski definition) is 0. The van der Waals surface area contributed by atoms with E-state index in [2.05, 4.69) is 177 Å². The SMILES string of the molecule is Cc1cccc(C2=C(c3c(C(C)(C)C)c(=C(c4ccccc4)c4ccccc4)cc4c3=[C]c3cc(C(C)(C)C)ccc3-4)CC=C2)c1C. The number of fused-ring (bicyclic) bond motifs is 3. The van der Waals surface area contributed by atoms with Crippen LogP contribution >= 0.6 is 0 Å². The summed E-state index contributed by atoms with van der Waals surface area (Å²) in [5.74, 6) is 0. The minimum absolute atomic E-state index is 0.0609. The van der Waals surface area contributed by atoms with Gasteiger partial charge in [-0.25, -0.2) is 0 Å². The molecular weight excluding hydrogens is 565 g/mol. The molecule has 0 saturated heterocycles. The molecule has 5 aromatic rings. The molecule has 0 N–H and O–H groups in total. The van der Waals surface area contributed by atoms with Gasteiger partial charge in [-0.15, -0.1) is 0 Å². The summed E-state index contributed by atoms with van der Waals surface area (Å²) in [6, 6.07) is 38.2. The molecule has 47 heavy (non-hydrogen) atoms. The fourth-order valence-corrected chi connectivity index (χ4v) is 7.51. The molecular formula is C47H45. The molecule has 0 atom stereocenters. The van der Waals surface area contributed by atoms with Crippen molar-refractivity contribution in [3.05, 3.63) is 176 Å². The van der Waals surface area contributed by atoms with Gasteiger partial charge in [-0.1, -0.05) is 145 Å². The smallest absolute Gasteiger partial charge is 0.000731 e. The van der Waals surface area contributed by atoms with Crippen LogP contribution in [0.2, 0.25) is 0 Å². The van der Waals surface area contributed by atoms with Crippen molar-refractivity contribution in [2.75, 3.05) is 0 Å². The van der Waals surface area contributed by atoms with Gasteiger partial charge in [-0.2, -0.15) is 0 Å². The van der Waals surface area contributed by atoms with Crippen LogP contribution in [0, 0.1) is 13.8 Å². The van der Waals surface area contributed by atoms with Gasteiger partial charge >= 0.3 is 0 Å². The molecule has 1 radical (unpaired) electrons. The molecule has 7 rings (SSSR count). The van der Waals surface area contributed by atoms with Crippen molar-refractivity contribution in [3.63, 3.8) is 0 Å². The predicted molar refractivity (Wildman–Crippen MR) is 202 cm³/mol. The Labute approximate surface area is 281 Å². The average Bonchev–Trinajstić information content (AvgIpc) is 3.67. The molecule has 0 heteroatoms. The molecule has 2 aliphatic rings. The highest BCUT2D eigenvalue weighted by Crippen LogP contribution is 2.42. The summed E-state index contributed by atoms with van der Waals surface area (Å²) >= 11 is 0. The average molecular weight is 610 g/mol. The van der Waals surface area contributed by atoms with E-state index < -0.39 is 0 Å². The molecule has 0 saturated carbocycles. The molecule has 0 heterocycles. The number of rotatable bonds is 4. The van der Waals surface area contributed by atoms with E-state index in [0.29, 0.717) is 0 Å². The lowest BCUT2D eigenvalue weighted by Crippen LogP contribution is -2.32. The Bertz CT molecular complexity index is 2170. The van der Waals surface area contributed by atoms with E-state index in [9.17, 15) is 0 Å². The zero-order valence-electron chi connectivity index (χ0n) is 29.2. The van der Waals surface area contributed by atoms with Crippen molar-refractivity contribution < 1.29 is 0 Å². The molecule has 233 valence electrons. The molecule has 0 spiro atoms. The summed E-state index contributed by atoms with van der Waals surface area (Å²) in [7, 11) is 0. The van der Waals surface area contributed by atoms with Crippen LogP contribution in [-0.2, 0) is 10.8 Å². The first-order valence-electron chi connectivity index (χ1n) is 17.0. The van der Waals surface area contributed by atoms with E-state index >= 15 is 0 Å². The van der Waals surface area contributed by atoms with Crippen molar-refractivity contribution in [1.29, 1.82) is 0 Å². The maximum atomic E-state index is 4.02. The third-order valence-electron chi connectivity index (χ3n) is 10.0. The van der Waals surface area contributed by atoms with Gasteiger partial charge in [-0.05, 0) is 138 Å². The quantitative estimate of drug-likeness (QED) is 0.187. The summed E-state index contributed by atoms with van der Waals surface area (Å²) < 4.78 is 0. The Morgan fingerprint density at radius 2 is 1.30 bits per heavy atom. The highest BCUT2D eigenvalue weighted by Gasteiger charge is 2.31. The van der Waals surface area contributed by atoms with Crippen LogP contribution in [0.4, 0.5) is 0 Å². The Morgan fingerprint density at radius 3 is 1.91 bits per heavy atom. The lowest BCUT2D eigenvalue weighted by atomic mass is 9.75. The Morgan fingerprint density at radius 1 is 0.638 bits per heavy atom. The molecule has 2 aliphatic carbocycles. The molecule has 0 fully saturated rings. The maximum Gasteiger partial charge on any atom is -0.000731 e. The van der Waals surface area contributed by atoms with Crippen LogP contribution in [-0.4, -0.2) is 0 Å². The Hall–Kier alpha value is -4.68. The molecule has 0 unspecified atom stereocenters. The molecule has 0 bridgehead atoms. The summed E-state index contributed by atoms with van der Waals surface area (Å²) in [5, 5.41) is 2.54. The van der Waals surface area contributed by atoms with E-state index in [1.807, 2.05) is 0 Å². The zero-order valence-corrected chi connectivity index (χ0v) is 29.2. The van der Waals surface area contributed by atoms with Crippen LogP contribution in [0.15, 0.2) is 115 Å². The second-order valence-corrected chi connectivity index (χ2v) is 15.3. The first-order chi connectivity index (χ1) is 22.4. The van der Waals surface area contributed by atoms with Crippen molar-refractivity contribution >= 4 is 22.8 Å². The van der Waals surface area contributed by atoms with Gasteiger partial charge < -0.3 is 0 Å². The van der Waals surface area contributed by atoms with Crippen LogP contribution in [0.5, 0.6) is 0 Å². The summed E-state index contributed by atoms with van der Waals surface area (Å²) in [5.41, 5.74) is 18.2. The fourth-order valence-electron chi connectivity index (χ4n) is 7.51. The number of benzene rings is 5. The van der Waals surface area contributed by atoms with Gasteiger partial charge in [0.2, 0.25) is 0 Å². The monoisotopic (exact) mass is 609 g/mol. The van der Waals surface area contributed by atoms with Gasteiger partial charge in [0.05, 0.1) is 0 Å². The Kier molecular flexibility index (Phi) is 7.59. The van der Waals surface area contributed by atoms with Crippen molar-refractivity contribution in [3.8, 4) is 11.1 Å². The van der Waals surface area contributed by atoms with Gasteiger partial charge in [0.15, 0.2) is 0 Å². The zero-order chi connectivity index (χ0) is 33.1. The summed E-state index contributed by atoms with van der Waals surface area (Å²) in [6.07, 6.45) is 9.64. The predicted octanol–water partition coefficient (Wildman–Crippen LogP) is 10.7. The first-order valence-corrected chi connectivity index (χ1v) is 17.0.